The normalized spacial score (nSPS) is 18.2. The van der Waals surface area contributed by atoms with Gasteiger partial charge in [-0.1, -0.05) is 32.0 Å². The molecule has 164 valence electrons. The van der Waals surface area contributed by atoms with Crippen LogP contribution in [0.15, 0.2) is 24.3 Å². The summed E-state index contributed by atoms with van der Waals surface area (Å²) >= 11 is 0. The second-order valence-corrected chi connectivity index (χ2v) is 8.07. The number of carbonyl (C=O) groups is 2. The minimum atomic E-state index is -0.680. The van der Waals surface area contributed by atoms with Crippen molar-refractivity contribution in [1.29, 1.82) is 0 Å². The molecule has 0 saturated heterocycles. The van der Waals surface area contributed by atoms with Gasteiger partial charge in [0.15, 0.2) is 0 Å². The quantitative estimate of drug-likeness (QED) is 0.588. The third-order valence-corrected chi connectivity index (χ3v) is 6.04. The molecule has 1 aromatic heterocycles. The molecule has 30 heavy (non-hydrogen) atoms. The predicted octanol–water partition coefficient (Wildman–Crippen LogP) is 4.32. The Balaban J connectivity index is 1.89. The predicted molar refractivity (Wildman–Crippen MR) is 117 cm³/mol. The fourth-order valence-corrected chi connectivity index (χ4v) is 4.56. The van der Waals surface area contributed by atoms with E-state index in [1.165, 1.54) is 18.1 Å². The molecule has 0 saturated carbocycles. The molecule has 1 aromatic carbocycles. The number of H-pyrrole nitrogens is 1. The number of para-hydroxylation sites is 1. The zero-order valence-electron chi connectivity index (χ0n) is 18.5. The Morgan fingerprint density at radius 3 is 2.53 bits per heavy atom. The molecule has 2 heterocycles. The van der Waals surface area contributed by atoms with Gasteiger partial charge in [-0.15, -0.1) is 0 Å². The smallest absolute Gasteiger partial charge is 0.305 e. The zero-order valence-corrected chi connectivity index (χ0v) is 18.5. The highest BCUT2D eigenvalue weighted by atomic mass is 16.5. The molecule has 1 aliphatic rings. The maximum absolute atomic E-state index is 13.0. The Morgan fingerprint density at radius 1 is 1.13 bits per heavy atom. The van der Waals surface area contributed by atoms with Gasteiger partial charge < -0.3 is 19.4 Å². The van der Waals surface area contributed by atoms with Gasteiger partial charge >= 0.3 is 5.97 Å². The van der Waals surface area contributed by atoms with Gasteiger partial charge in [0.2, 0.25) is 5.91 Å². The third-order valence-electron chi connectivity index (χ3n) is 6.04. The largest absolute Gasteiger partial charge is 0.469 e. The Morgan fingerprint density at radius 2 is 1.83 bits per heavy atom. The number of ether oxygens (including phenoxy) is 2. The van der Waals surface area contributed by atoms with Crippen LogP contribution in [0.3, 0.4) is 0 Å². The lowest BCUT2D eigenvalue weighted by Crippen LogP contribution is -2.39. The van der Waals surface area contributed by atoms with Crippen molar-refractivity contribution in [3.05, 3.63) is 35.5 Å². The number of amides is 1. The number of aromatic amines is 1. The van der Waals surface area contributed by atoms with E-state index in [2.05, 4.69) is 31.0 Å². The molecule has 6 nitrogen and oxygen atoms in total. The van der Waals surface area contributed by atoms with E-state index in [-0.39, 0.29) is 18.3 Å². The van der Waals surface area contributed by atoms with E-state index in [0.717, 1.165) is 43.6 Å². The molecule has 0 fully saturated rings. The summed E-state index contributed by atoms with van der Waals surface area (Å²) in [5, 5.41) is 1.20. The van der Waals surface area contributed by atoms with Crippen LogP contribution in [0, 0.1) is 0 Å². The van der Waals surface area contributed by atoms with Crippen LogP contribution in [-0.4, -0.2) is 48.6 Å². The number of carbonyl (C=O) groups excluding carboxylic acids is 2. The molecule has 1 unspecified atom stereocenters. The Bertz CT molecular complexity index is 869. The van der Waals surface area contributed by atoms with Crippen molar-refractivity contribution in [2.45, 2.75) is 64.4 Å². The second-order valence-electron chi connectivity index (χ2n) is 8.07. The molecule has 1 aliphatic heterocycles. The number of esters is 1. The summed E-state index contributed by atoms with van der Waals surface area (Å²) in [6.45, 7) is 6.32. The third kappa shape index (κ3) is 4.69. The summed E-state index contributed by atoms with van der Waals surface area (Å²) in [7, 11) is 1.40. The van der Waals surface area contributed by atoms with Gasteiger partial charge in [-0.2, -0.15) is 0 Å². The first-order valence-electron chi connectivity index (χ1n) is 11.1. The topological polar surface area (TPSA) is 71.6 Å². The highest BCUT2D eigenvalue weighted by Gasteiger charge is 2.41. The van der Waals surface area contributed by atoms with Gasteiger partial charge in [0, 0.05) is 36.8 Å². The summed E-state index contributed by atoms with van der Waals surface area (Å²) < 4.78 is 11.2. The van der Waals surface area contributed by atoms with E-state index in [1.54, 1.807) is 0 Å². The van der Waals surface area contributed by atoms with Gasteiger partial charge in [-0.25, -0.2) is 0 Å². The number of hydrogen-bond donors (Lipinski definition) is 1. The van der Waals surface area contributed by atoms with Crippen molar-refractivity contribution < 1.29 is 19.1 Å². The first kappa shape index (κ1) is 22.3. The Labute approximate surface area is 178 Å². The molecule has 1 atom stereocenters. The number of rotatable bonds is 10. The fraction of sp³-hybridized carbons (Fsp3) is 0.583. The monoisotopic (exact) mass is 414 g/mol. The Kier molecular flexibility index (Phi) is 7.53. The van der Waals surface area contributed by atoms with Crippen LogP contribution < -0.4 is 0 Å². The van der Waals surface area contributed by atoms with Crippen LogP contribution in [0.4, 0.5) is 0 Å². The molecule has 0 aliphatic carbocycles. The lowest BCUT2D eigenvalue weighted by atomic mass is 9.83. The number of methoxy groups -OCH3 is 1. The van der Waals surface area contributed by atoms with Crippen molar-refractivity contribution in [2.24, 2.45) is 0 Å². The lowest BCUT2D eigenvalue weighted by molar-refractivity contribution is -0.144. The van der Waals surface area contributed by atoms with E-state index in [9.17, 15) is 9.59 Å². The first-order valence-corrected chi connectivity index (χ1v) is 11.1. The zero-order chi connectivity index (χ0) is 21.6. The van der Waals surface area contributed by atoms with Gasteiger partial charge in [0.1, 0.15) is 5.60 Å². The molecule has 0 spiro atoms. The van der Waals surface area contributed by atoms with Crippen LogP contribution in [-0.2, 0) is 31.1 Å². The summed E-state index contributed by atoms with van der Waals surface area (Å²) in [5.74, 6) is -0.103. The SMILES string of the molecule is CCCN(CCC)C(=O)CCC1(CCC(=O)OC)OCCc2c1[nH]c1ccccc21. The van der Waals surface area contributed by atoms with Crippen LogP contribution >= 0.6 is 0 Å². The van der Waals surface area contributed by atoms with Crippen LogP contribution in [0.2, 0.25) is 0 Å². The average molecular weight is 415 g/mol. The number of nitrogens with one attached hydrogen (secondary N) is 1. The van der Waals surface area contributed by atoms with Gasteiger partial charge in [0.05, 0.1) is 19.4 Å². The second kappa shape index (κ2) is 10.1. The van der Waals surface area contributed by atoms with Crippen LogP contribution in [0.1, 0.15) is 63.6 Å². The minimum absolute atomic E-state index is 0.156. The molecule has 0 bridgehead atoms. The molecular formula is C24H34N2O4. The highest BCUT2D eigenvalue weighted by Crippen LogP contribution is 2.43. The molecule has 0 radical (unpaired) electrons. The minimum Gasteiger partial charge on any atom is -0.469 e. The van der Waals surface area contributed by atoms with Crippen molar-refractivity contribution in [2.75, 3.05) is 26.8 Å². The number of nitrogens with zero attached hydrogens (tertiary/aromatic N) is 1. The maximum atomic E-state index is 13.0. The van der Waals surface area contributed by atoms with Gasteiger partial charge in [-0.3, -0.25) is 9.59 Å². The number of fused-ring (bicyclic) bond motifs is 3. The number of benzene rings is 1. The standard InChI is InChI=1S/C24H34N2O4/c1-4-15-26(16-5-2)21(27)10-13-24(14-11-22(28)29-3)23-19(12-17-30-24)18-8-6-7-9-20(18)25-23/h6-9,25H,4-5,10-17H2,1-3H3. The molecule has 3 rings (SSSR count). The van der Waals surface area contributed by atoms with Crippen LogP contribution in [0.25, 0.3) is 10.9 Å². The molecule has 1 amide bonds. The average Bonchev–Trinajstić information content (AvgIpc) is 3.16. The number of aromatic nitrogens is 1. The summed E-state index contributed by atoms with van der Waals surface area (Å²) in [5.41, 5.74) is 2.65. The first-order chi connectivity index (χ1) is 14.5. The van der Waals surface area contributed by atoms with Crippen molar-refractivity contribution in [3.8, 4) is 0 Å². The highest BCUT2D eigenvalue weighted by molar-refractivity contribution is 5.85. The van der Waals surface area contributed by atoms with Crippen molar-refractivity contribution >= 4 is 22.8 Å². The lowest BCUT2D eigenvalue weighted by Gasteiger charge is -2.38. The van der Waals surface area contributed by atoms with E-state index >= 15 is 0 Å². The van der Waals surface area contributed by atoms with Crippen LogP contribution in [0.5, 0.6) is 0 Å². The van der Waals surface area contributed by atoms with Crippen molar-refractivity contribution in [1.82, 2.24) is 9.88 Å². The fourth-order valence-electron chi connectivity index (χ4n) is 4.56. The summed E-state index contributed by atoms with van der Waals surface area (Å²) in [6, 6.07) is 8.24. The molecule has 6 heteroatoms. The molecular weight excluding hydrogens is 380 g/mol. The van der Waals surface area contributed by atoms with E-state index in [4.69, 9.17) is 9.47 Å². The maximum Gasteiger partial charge on any atom is 0.305 e. The van der Waals surface area contributed by atoms with Crippen molar-refractivity contribution in [3.63, 3.8) is 0 Å². The summed E-state index contributed by atoms with van der Waals surface area (Å²) in [6.07, 6.45) is 4.42. The van der Waals surface area contributed by atoms with E-state index < -0.39 is 5.60 Å². The van der Waals surface area contributed by atoms with Gasteiger partial charge in [-0.05, 0) is 43.7 Å². The molecule has 2 aromatic rings. The summed E-state index contributed by atoms with van der Waals surface area (Å²) in [4.78, 5) is 30.4. The van der Waals surface area contributed by atoms with E-state index in [1.807, 2.05) is 17.0 Å². The number of hydrogen-bond acceptors (Lipinski definition) is 4. The molecule has 1 N–H and O–H groups in total. The van der Waals surface area contributed by atoms with Gasteiger partial charge in [0.25, 0.3) is 0 Å². The van der Waals surface area contributed by atoms with E-state index in [0.29, 0.717) is 25.9 Å². The Hall–Kier alpha value is -2.34.